The fourth-order valence-corrected chi connectivity index (χ4v) is 2.56. The third-order valence-corrected chi connectivity index (χ3v) is 4.06. The molecule has 3 amide bonds. The van der Waals surface area contributed by atoms with Crippen molar-refractivity contribution in [2.45, 2.75) is 32.0 Å². The van der Waals surface area contributed by atoms with Crippen LogP contribution in [-0.2, 0) is 11.3 Å². The molecule has 0 radical (unpaired) electrons. The molecule has 130 valence electrons. The number of carbonyl (C=O) groups excluding carboxylic acids is 2. The molecule has 2 N–H and O–H groups in total. The average molecular weight is 351 g/mol. The van der Waals surface area contributed by atoms with E-state index in [-0.39, 0.29) is 11.7 Å². The van der Waals surface area contributed by atoms with Crippen LogP contribution in [0.3, 0.4) is 0 Å². The maximum Gasteiger partial charge on any atom is 0.321 e. The minimum Gasteiger partial charge on any atom is -0.467 e. The molecule has 8 nitrogen and oxygen atoms in total. The van der Waals surface area contributed by atoms with Crippen LogP contribution in [0.1, 0.15) is 26.0 Å². The molecule has 0 bridgehead atoms. The Kier molecular flexibility index (Phi) is 6.86. The number of hydrogen-bond donors (Lipinski definition) is 2. The predicted molar refractivity (Wildman–Crippen MR) is 89.6 cm³/mol. The SMILES string of the molecule is CC(C)CCNC(=O)NC(=O)CSc1nncn1Cc1ccco1. The first-order valence-electron chi connectivity index (χ1n) is 7.65. The number of nitrogens with one attached hydrogen (secondary N) is 2. The van der Waals surface area contributed by atoms with Crippen LogP contribution in [0.5, 0.6) is 0 Å². The van der Waals surface area contributed by atoms with E-state index < -0.39 is 6.03 Å². The molecule has 0 saturated carbocycles. The summed E-state index contributed by atoms with van der Waals surface area (Å²) in [5, 5.41) is 13.3. The minimum absolute atomic E-state index is 0.0778. The summed E-state index contributed by atoms with van der Waals surface area (Å²) in [7, 11) is 0. The van der Waals surface area contributed by atoms with Gasteiger partial charge < -0.3 is 14.3 Å². The molecule has 0 unspecified atom stereocenters. The zero-order chi connectivity index (χ0) is 17.4. The van der Waals surface area contributed by atoms with Crippen LogP contribution in [-0.4, -0.2) is 39.0 Å². The third-order valence-electron chi connectivity index (χ3n) is 3.08. The lowest BCUT2D eigenvalue weighted by Gasteiger charge is -2.08. The number of rotatable bonds is 8. The van der Waals surface area contributed by atoms with Gasteiger partial charge in [0.05, 0.1) is 18.6 Å². The molecule has 24 heavy (non-hydrogen) atoms. The number of thioether (sulfide) groups is 1. The predicted octanol–water partition coefficient (Wildman–Crippen LogP) is 1.88. The van der Waals surface area contributed by atoms with Crippen molar-refractivity contribution in [3.05, 3.63) is 30.5 Å². The van der Waals surface area contributed by atoms with Gasteiger partial charge in [-0.05, 0) is 24.5 Å². The number of urea groups is 1. The molecular formula is C15H21N5O3S. The van der Waals surface area contributed by atoms with E-state index in [9.17, 15) is 9.59 Å². The van der Waals surface area contributed by atoms with Gasteiger partial charge in [0.1, 0.15) is 12.1 Å². The van der Waals surface area contributed by atoms with Gasteiger partial charge in [0, 0.05) is 6.54 Å². The highest BCUT2D eigenvalue weighted by atomic mass is 32.2. The largest absolute Gasteiger partial charge is 0.467 e. The zero-order valence-corrected chi connectivity index (χ0v) is 14.5. The van der Waals surface area contributed by atoms with Crippen LogP contribution in [0, 0.1) is 5.92 Å². The van der Waals surface area contributed by atoms with Crippen molar-refractivity contribution in [3.8, 4) is 0 Å². The molecule has 0 aliphatic carbocycles. The normalized spacial score (nSPS) is 10.8. The Bertz CT molecular complexity index is 654. The molecule has 9 heteroatoms. The van der Waals surface area contributed by atoms with Crippen LogP contribution in [0.4, 0.5) is 4.79 Å². The van der Waals surface area contributed by atoms with E-state index in [1.54, 1.807) is 23.2 Å². The second-order valence-corrected chi connectivity index (χ2v) is 6.54. The van der Waals surface area contributed by atoms with Crippen LogP contribution < -0.4 is 10.6 Å². The Hall–Kier alpha value is -2.29. The third kappa shape index (κ3) is 6.07. The topological polar surface area (TPSA) is 102 Å². The molecule has 0 spiro atoms. The summed E-state index contributed by atoms with van der Waals surface area (Å²) in [6, 6.07) is 3.18. The van der Waals surface area contributed by atoms with Crippen molar-refractivity contribution in [2.24, 2.45) is 5.92 Å². The molecule has 0 fully saturated rings. The van der Waals surface area contributed by atoms with Crippen molar-refractivity contribution < 1.29 is 14.0 Å². The summed E-state index contributed by atoms with van der Waals surface area (Å²) >= 11 is 1.21. The van der Waals surface area contributed by atoms with E-state index in [2.05, 4.69) is 34.7 Å². The van der Waals surface area contributed by atoms with Gasteiger partial charge in [-0.2, -0.15) is 0 Å². The van der Waals surface area contributed by atoms with Crippen molar-refractivity contribution in [3.63, 3.8) is 0 Å². The molecule has 0 aliphatic rings. The lowest BCUT2D eigenvalue weighted by atomic mass is 10.1. The summed E-state index contributed by atoms with van der Waals surface area (Å²) in [6.45, 7) is 5.17. The van der Waals surface area contributed by atoms with Crippen LogP contribution in [0.25, 0.3) is 0 Å². The van der Waals surface area contributed by atoms with E-state index in [0.717, 1.165) is 12.2 Å². The standard InChI is InChI=1S/C15H21N5O3S/c1-11(2)5-6-16-14(22)18-13(21)9-24-15-19-17-10-20(15)8-12-4-3-7-23-12/h3-4,7,10-11H,5-6,8-9H2,1-2H3,(H2,16,18,21,22). The van der Waals surface area contributed by atoms with E-state index in [4.69, 9.17) is 4.42 Å². The van der Waals surface area contributed by atoms with Crippen molar-refractivity contribution in [1.29, 1.82) is 0 Å². The molecule has 0 aromatic carbocycles. The van der Waals surface area contributed by atoms with Crippen molar-refractivity contribution >= 4 is 23.7 Å². The smallest absolute Gasteiger partial charge is 0.321 e. The number of imide groups is 1. The molecule has 2 heterocycles. The first-order valence-corrected chi connectivity index (χ1v) is 8.64. The van der Waals surface area contributed by atoms with Gasteiger partial charge in [0.25, 0.3) is 0 Å². The highest BCUT2D eigenvalue weighted by Gasteiger charge is 2.12. The molecular weight excluding hydrogens is 330 g/mol. The fraction of sp³-hybridized carbons (Fsp3) is 0.467. The van der Waals surface area contributed by atoms with E-state index in [1.165, 1.54) is 11.8 Å². The van der Waals surface area contributed by atoms with Crippen LogP contribution in [0.15, 0.2) is 34.3 Å². The number of aromatic nitrogens is 3. The van der Waals surface area contributed by atoms with Gasteiger partial charge in [-0.25, -0.2) is 4.79 Å². The number of amides is 3. The summed E-state index contributed by atoms with van der Waals surface area (Å²) in [5.41, 5.74) is 0. The minimum atomic E-state index is -0.474. The average Bonchev–Trinajstić information content (AvgIpc) is 3.17. The fourth-order valence-electron chi connectivity index (χ4n) is 1.85. The van der Waals surface area contributed by atoms with Gasteiger partial charge in [0.15, 0.2) is 5.16 Å². The summed E-state index contributed by atoms with van der Waals surface area (Å²) in [6.07, 6.45) is 4.03. The van der Waals surface area contributed by atoms with Crippen LogP contribution >= 0.6 is 11.8 Å². The second kappa shape index (κ2) is 9.11. The number of nitrogens with zero attached hydrogens (tertiary/aromatic N) is 3. The zero-order valence-electron chi connectivity index (χ0n) is 13.7. The summed E-state index contributed by atoms with van der Waals surface area (Å²) in [5.74, 6) is 0.964. The maximum atomic E-state index is 11.8. The van der Waals surface area contributed by atoms with E-state index in [1.807, 2.05) is 6.07 Å². The summed E-state index contributed by atoms with van der Waals surface area (Å²) < 4.78 is 7.05. The highest BCUT2D eigenvalue weighted by Crippen LogP contribution is 2.16. The van der Waals surface area contributed by atoms with Gasteiger partial charge >= 0.3 is 6.03 Å². The van der Waals surface area contributed by atoms with E-state index in [0.29, 0.717) is 24.2 Å². The van der Waals surface area contributed by atoms with Gasteiger partial charge in [0.2, 0.25) is 5.91 Å². The van der Waals surface area contributed by atoms with E-state index >= 15 is 0 Å². The number of carbonyl (C=O) groups is 2. The maximum absolute atomic E-state index is 11.8. The quantitative estimate of drug-likeness (QED) is 0.704. The lowest BCUT2D eigenvalue weighted by molar-refractivity contribution is -0.117. The molecule has 0 atom stereocenters. The molecule has 0 saturated heterocycles. The number of furan rings is 1. The Labute approximate surface area is 144 Å². The molecule has 2 aromatic rings. The first kappa shape index (κ1) is 18.1. The summed E-state index contributed by atoms with van der Waals surface area (Å²) in [4.78, 5) is 23.4. The van der Waals surface area contributed by atoms with Crippen molar-refractivity contribution in [2.75, 3.05) is 12.3 Å². The van der Waals surface area contributed by atoms with Gasteiger partial charge in [-0.15, -0.1) is 10.2 Å². The highest BCUT2D eigenvalue weighted by molar-refractivity contribution is 7.99. The Morgan fingerprint density at radius 3 is 2.96 bits per heavy atom. The number of hydrogen-bond acceptors (Lipinski definition) is 6. The molecule has 2 aromatic heterocycles. The van der Waals surface area contributed by atoms with Crippen molar-refractivity contribution in [1.82, 2.24) is 25.4 Å². The van der Waals surface area contributed by atoms with Crippen LogP contribution in [0.2, 0.25) is 0 Å². The Morgan fingerprint density at radius 2 is 2.25 bits per heavy atom. The second-order valence-electron chi connectivity index (χ2n) is 5.60. The molecule has 0 aliphatic heterocycles. The van der Waals surface area contributed by atoms with Gasteiger partial charge in [-0.3, -0.25) is 10.1 Å². The van der Waals surface area contributed by atoms with Gasteiger partial charge in [-0.1, -0.05) is 25.6 Å². The Morgan fingerprint density at radius 1 is 1.42 bits per heavy atom. The monoisotopic (exact) mass is 351 g/mol. The lowest BCUT2D eigenvalue weighted by Crippen LogP contribution is -2.40. The first-order chi connectivity index (χ1) is 11.5. The molecule has 2 rings (SSSR count). The Balaban J connectivity index is 1.74.